The van der Waals surface area contributed by atoms with Crippen molar-refractivity contribution in [1.82, 2.24) is 15.1 Å². The van der Waals surface area contributed by atoms with Gasteiger partial charge in [-0.1, -0.05) is 41.6 Å². The van der Waals surface area contributed by atoms with Gasteiger partial charge in [-0.3, -0.25) is 4.79 Å². The van der Waals surface area contributed by atoms with Gasteiger partial charge in [0.15, 0.2) is 6.61 Å². The fourth-order valence-electron chi connectivity index (χ4n) is 2.69. The fourth-order valence-corrected chi connectivity index (χ4v) is 3.15. The molecule has 0 unspecified atom stereocenters. The lowest BCUT2D eigenvalue weighted by atomic mass is 10.1. The molecule has 28 heavy (non-hydrogen) atoms. The molecule has 0 aliphatic heterocycles. The summed E-state index contributed by atoms with van der Waals surface area (Å²) in [6.45, 7) is -0.199. The molecular formula is C20H16N4O3S. The molecule has 0 radical (unpaired) electrons. The van der Waals surface area contributed by atoms with Crippen LogP contribution in [0.2, 0.25) is 0 Å². The molecule has 2 aromatic heterocycles. The molecule has 0 bridgehead atoms. The van der Waals surface area contributed by atoms with Gasteiger partial charge in [-0.15, -0.1) is 11.8 Å². The average Bonchev–Trinajstić information content (AvgIpc) is 3.18. The Labute approximate surface area is 165 Å². The molecule has 0 aliphatic carbocycles. The minimum absolute atomic E-state index is 0.199. The minimum atomic E-state index is -0.289. The van der Waals surface area contributed by atoms with E-state index in [0.29, 0.717) is 22.5 Å². The molecule has 0 saturated carbocycles. The first kappa shape index (κ1) is 18.0. The van der Waals surface area contributed by atoms with E-state index < -0.39 is 0 Å². The number of carbonyl (C=O) groups excluding carboxylic acids is 1. The van der Waals surface area contributed by atoms with Crippen LogP contribution < -0.4 is 10.1 Å². The van der Waals surface area contributed by atoms with Crippen molar-refractivity contribution in [2.45, 2.75) is 4.90 Å². The third-order valence-electron chi connectivity index (χ3n) is 3.98. The number of thioether (sulfide) groups is 1. The normalized spacial score (nSPS) is 10.8. The lowest BCUT2D eigenvalue weighted by Crippen LogP contribution is -2.20. The van der Waals surface area contributed by atoms with Crippen molar-refractivity contribution in [3.8, 4) is 17.1 Å². The van der Waals surface area contributed by atoms with Gasteiger partial charge in [-0.05, 0) is 24.5 Å². The summed E-state index contributed by atoms with van der Waals surface area (Å²) in [6, 6.07) is 17.1. The summed E-state index contributed by atoms with van der Waals surface area (Å²) < 4.78 is 11.0. The minimum Gasteiger partial charge on any atom is -0.467 e. The second kappa shape index (κ2) is 8.10. The number of hydrogen-bond acceptors (Lipinski definition) is 7. The molecule has 140 valence electrons. The lowest BCUT2D eigenvalue weighted by molar-refractivity contribution is -0.118. The Morgan fingerprint density at radius 1 is 1.14 bits per heavy atom. The van der Waals surface area contributed by atoms with Gasteiger partial charge in [0.2, 0.25) is 5.88 Å². The van der Waals surface area contributed by atoms with Crippen molar-refractivity contribution in [2.75, 3.05) is 18.2 Å². The summed E-state index contributed by atoms with van der Waals surface area (Å²) in [4.78, 5) is 21.6. The number of hydrogen-bond donors (Lipinski definition) is 1. The zero-order valence-electron chi connectivity index (χ0n) is 15.0. The average molecular weight is 392 g/mol. The number of ether oxygens (including phenoxy) is 1. The summed E-state index contributed by atoms with van der Waals surface area (Å²) in [5.41, 5.74) is 2.43. The predicted octanol–water partition coefficient (Wildman–Crippen LogP) is 4.02. The van der Waals surface area contributed by atoms with Crippen LogP contribution in [-0.2, 0) is 4.79 Å². The number of amides is 1. The molecule has 2 aromatic carbocycles. The number of nitrogens with zero attached hydrogens (tertiary/aromatic N) is 3. The second-order valence-electron chi connectivity index (χ2n) is 5.82. The Balaban J connectivity index is 1.53. The predicted molar refractivity (Wildman–Crippen MR) is 107 cm³/mol. The van der Waals surface area contributed by atoms with E-state index in [9.17, 15) is 4.79 Å². The van der Waals surface area contributed by atoms with Crippen molar-refractivity contribution >= 4 is 34.5 Å². The highest BCUT2D eigenvalue weighted by Crippen LogP contribution is 2.32. The van der Waals surface area contributed by atoms with Gasteiger partial charge in [0.05, 0.1) is 0 Å². The Kier molecular flexibility index (Phi) is 5.20. The molecule has 4 rings (SSSR count). The van der Waals surface area contributed by atoms with Gasteiger partial charge in [0.1, 0.15) is 17.4 Å². The largest absolute Gasteiger partial charge is 0.467 e. The summed E-state index contributed by atoms with van der Waals surface area (Å²) in [6.07, 6.45) is 3.30. The molecule has 0 fully saturated rings. The summed E-state index contributed by atoms with van der Waals surface area (Å²) in [5, 5.41) is 7.43. The molecule has 0 saturated heterocycles. The molecule has 0 atom stereocenters. The number of aromatic nitrogens is 3. The van der Waals surface area contributed by atoms with E-state index in [1.54, 1.807) is 11.8 Å². The quantitative estimate of drug-likeness (QED) is 0.496. The topological polar surface area (TPSA) is 90.1 Å². The number of rotatable bonds is 6. The maximum Gasteiger partial charge on any atom is 0.265 e. The molecular weight excluding hydrogens is 376 g/mol. The smallest absolute Gasteiger partial charge is 0.265 e. The van der Waals surface area contributed by atoms with Gasteiger partial charge in [0.25, 0.3) is 11.6 Å². The standard InChI is InChI=1S/C20H16N4O3S/c1-28-15-9-5-8-14(10-15)23-16(25)11-26-19-17-18(13-6-3-2-4-7-13)24-27-20(17)22-12-21-19/h2-10,12H,11H2,1H3,(H,23,25). The Bertz CT molecular complexity index is 1110. The summed E-state index contributed by atoms with van der Waals surface area (Å²) in [5.74, 6) is -0.0409. The number of fused-ring (bicyclic) bond motifs is 1. The lowest BCUT2D eigenvalue weighted by Gasteiger charge is -2.08. The number of nitrogens with one attached hydrogen (secondary N) is 1. The van der Waals surface area contributed by atoms with Crippen molar-refractivity contribution in [3.05, 3.63) is 60.9 Å². The molecule has 2 heterocycles. The third-order valence-corrected chi connectivity index (χ3v) is 4.70. The van der Waals surface area contributed by atoms with Gasteiger partial charge in [-0.25, -0.2) is 4.98 Å². The Morgan fingerprint density at radius 3 is 2.82 bits per heavy atom. The van der Waals surface area contributed by atoms with E-state index in [-0.39, 0.29) is 18.4 Å². The van der Waals surface area contributed by atoms with Crippen LogP contribution in [0.1, 0.15) is 0 Å². The zero-order valence-corrected chi connectivity index (χ0v) is 15.8. The van der Waals surface area contributed by atoms with E-state index in [1.807, 2.05) is 60.9 Å². The van der Waals surface area contributed by atoms with Gasteiger partial charge in [0, 0.05) is 16.1 Å². The van der Waals surface area contributed by atoms with Crippen LogP contribution in [0.5, 0.6) is 5.88 Å². The van der Waals surface area contributed by atoms with Crippen molar-refractivity contribution < 1.29 is 14.1 Å². The molecule has 0 aliphatic rings. The monoisotopic (exact) mass is 392 g/mol. The van der Waals surface area contributed by atoms with Crippen LogP contribution in [0.4, 0.5) is 5.69 Å². The molecule has 4 aromatic rings. The molecule has 1 amide bonds. The summed E-state index contributed by atoms with van der Waals surface area (Å²) >= 11 is 1.61. The van der Waals surface area contributed by atoms with E-state index in [0.717, 1.165) is 10.5 Å². The Morgan fingerprint density at radius 2 is 2.00 bits per heavy atom. The van der Waals surface area contributed by atoms with Gasteiger partial charge in [-0.2, -0.15) is 4.98 Å². The number of benzene rings is 2. The highest BCUT2D eigenvalue weighted by Gasteiger charge is 2.18. The number of anilines is 1. The molecule has 8 heteroatoms. The third kappa shape index (κ3) is 3.81. The number of carbonyl (C=O) groups is 1. The first-order chi connectivity index (χ1) is 13.7. The Hall–Kier alpha value is -3.39. The molecule has 7 nitrogen and oxygen atoms in total. The van der Waals surface area contributed by atoms with Gasteiger partial charge >= 0.3 is 0 Å². The van der Waals surface area contributed by atoms with E-state index >= 15 is 0 Å². The summed E-state index contributed by atoms with van der Waals surface area (Å²) in [7, 11) is 0. The maximum atomic E-state index is 12.3. The van der Waals surface area contributed by atoms with Crippen molar-refractivity contribution in [2.24, 2.45) is 0 Å². The van der Waals surface area contributed by atoms with Crippen LogP contribution in [-0.4, -0.2) is 33.9 Å². The zero-order chi connectivity index (χ0) is 19.3. The van der Waals surface area contributed by atoms with Gasteiger partial charge < -0.3 is 14.6 Å². The van der Waals surface area contributed by atoms with Crippen LogP contribution in [0.3, 0.4) is 0 Å². The fraction of sp³-hybridized carbons (Fsp3) is 0.100. The molecule has 0 spiro atoms. The van der Waals surface area contributed by atoms with E-state index in [2.05, 4.69) is 20.4 Å². The van der Waals surface area contributed by atoms with Crippen LogP contribution in [0.25, 0.3) is 22.4 Å². The van der Waals surface area contributed by atoms with Crippen molar-refractivity contribution in [3.63, 3.8) is 0 Å². The molecule has 1 N–H and O–H groups in total. The van der Waals surface area contributed by atoms with Crippen LogP contribution in [0, 0.1) is 0 Å². The van der Waals surface area contributed by atoms with Crippen LogP contribution >= 0.6 is 11.8 Å². The van der Waals surface area contributed by atoms with Crippen LogP contribution in [0.15, 0.2) is 70.3 Å². The van der Waals surface area contributed by atoms with Crippen molar-refractivity contribution in [1.29, 1.82) is 0 Å². The second-order valence-corrected chi connectivity index (χ2v) is 6.70. The first-order valence-electron chi connectivity index (χ1n) is 8.47. The highest BCUT2D eigenvalue weighted by molar-refractivity contribution is 7.98. The first-order valence-corrected chi connectivity index (χ1v) is 9.69. The highest BCUT2D eigenvalue weighted by atomic mass is 32.2. The SMILES string of the molecule is CSc1cccc(NC(=O)COc2ncnc3onc(-c4ccccc4)c23)c1. The van der Waals surface area contributed by atoms with E-state index in [4.69, 9.17) is 9.26 Å². The maximum absolute atomic E-state index is 12.3. The van der Waals surface area contributed by atoms with E-state index in [1.165, 1.54) is 6.33 Å².